The number of anilines is 1. The fraction of sp³-hybridized carbons (Fsp3) is 0.333. The summed E-state index contributed by atoms with van der Waals surface area (Å²) in [5.41, 5.74) is 4.25. The van der Waals surface area contributed by atoms with E-state index in [0.717, 1.165) is 24.1 Å². The summed E-state index contributed by atoms with van der Waals surface area (Å²) >= 11 is 0. The molecule has 0 spiro atoms. The molecule has 38 heavy (non-hydrogen) atoms. The van der Waals surface area contributed by atoms with Crippen LogP contribution < -0.4 is 10.1 Å². The predicted octanol–water partition coefficient (Wildman–Crippen LogP) is 4.42. The first-order chi connectivity index (χ1) is 18.4. The lowest BCUT2D eigenvalue weighted by Crippen LogP contribution is -2.29. The SMILES string of the molecule is Cc1nc(-c2nnn(C)c2CNc2cc(-c3ccc(F)cc3)ncn2)ccc1O[C@H]1CCC[C@H](C(=O)O)C1. The topological polar surface area (TPSA) is 128 Å². The molecule has 0 saturated heterocycles. The quantitative estimate of drug-likeness (QED) is 0.349. The summed E-state index contributed by atoms with van der Waals surface area (Å²) in [7, 11) is 1.81. The molecule has 3 heterocycles. The molecule has 0 unspecified atom stereocenters. The van der Waals surface area contributed by atoms with Gasteiger partial charge in [-0.2, -0.15) is 0 Å². The summed E-state index contributed by atoms with van der Waals surface area (Å²) in [5.74, 6) is -0.186. The Bertz CT molecular complexity index is 1440. The third-order valence-corrected chi connectivity index (χ3v) is 6.74. The number of hydrogen-bond acceptors (Lipinski definition) is 8. The zero-order valence-electron chi connectivity index (χ0n) is 21.1. The zero-order valence-corrected chi connectivity index (χ0v) is 21.1. The van der Waals surface area contributed by atoms with Crippen molar-refractivity contribution in [1.29, 1.82) is 0 Å². The molecule has 2 atom stereocenters. The molecule has 0 bridgehead atoms. The first-order valence-corrected chi connectivity index (χ1v) is 12.4. The van der Waals surface area contributed by atoms with Crippen molar-refractivity contribution in [3.63, 3.8) is 0 Å². The Morgan fingerprint density at radius 2 is 1.97 bits per heavy atom. The molecule has 1 aromatic carbocycles. The molecule has 3 aromatic heterocycles. The monoisotopic (exact) mass is 517 g/mol. The Kier molecular flexibility index (Phi) is 7.25. The number of aliphatic carboxylic acids is 1. The molecule has 2 N–H and O–H groups in total. The highest BCUT2D eigenvalue weighted by Crippen LogP contribution is 2.30. The standard InChI is InChI=1S/C27H28FN7O3/c1-16-24(38-20-5-3-4-18(12-20)27(36)37)11-10-21(32-16)26-23(35(2)34-33-26)14-29-25-13-22(30-15-31-25)17-6-8-19(28)9-7-17/h6-11,13,15,18,20H,3-5,12,14H2,1-2H3,(H,36,37)(H,29,30,31)/t18-,20-/m0/s1. The van der Waals surface area contributed by atoms with Crippen molar-refractivity contribution in [2.45, 2.75) is 45.3 Å². The number of carboxylic acid groups (broad SMARTS) is 1. The molecule has 1 aliphatic carbocycles. The van der Waals surface area contributed by atoms with Crippen LogP contribution in [0.3, 0.4) is 0 Å². The van der Waals surface area contributed by atoms with Gasteiger partial charge in [0.25, 0.3) is 0 Å². The summed E-state index contributed by atoms with van der Waals surface area (Å²) in [6.45, 7) is 2.25. The lowest BCUT2D eigenvalue weighted by atomic mass is 9.87. The minimum atomic E-state index is -0.763. The molecule has 196 valence electrons. The van der Waals surface area contributed by atoms with Gasteiger partial charge >= 0.3 is 5.97 Å². The Morgan fingerprint density at radius 1 is 1.16 bits per heavy atom. The molecular weight excluding hydrogens is 489 g/mol. The number of aromatic nitrogens is 6. The van der Waals surface area contributed by atoms with Gasteiger partial charge in [-0.15, -0.1) is 5.10 Å². The molecule has 1 aliphatic rings. The van der Waals surface area contributed by atoms with Crippen molar-refractivity contribution in [1.82, 2.24) is 29.9 Å². The molecule has 0 amide bonds. The molecule has 0 radical (unpaired) electrons. The van der Waals surface area contributed by atoms with E-state index in [1.165, 1.54) is 18.5 Å². The molecule has 11 heteroatoms. The van der Waals surface area contributed by atoms with Gasteiger partial charge in [0.05, 0.1) is 41.3 Å². The number of ether oxygens (including phenoxy) is 1. The molecule has 10 nitrogen and oxygen atoms in total. The van der Waals surface area contributed by atoms with E-state index < -0.39 is 5.97 Å². The van der Waals surface area contributed by atoms with E-state index in [0.29, 0.717) is 53.7 Å². The maximum Gasteiger partial charge on any atom is 0.306 e. The predicted molar refractivity (Wildman–Crippen MR) is 138 cm³/mol. The Balaban J connectivity index is 1.30. The van der Waals surface area contributed by atoms with E-state index in [1.54, 1.807) is 22.9 Å². The molecule has 0 aliphatic heterocycles. The minimum Gasteiger partial charge on any atom is -0.489 e. The number of nitrogens with one attached hydrogen (secondary N) is 1. The van der Waals surface area contributed by atoms with Gasteiger partial charge < -0.3 is 15.2 Å². The first kappa shape index (κ1) is 25.2. The van der Waals surface area contributed by atoms with Gasteiger partial charge in [0, 0.05) is 18.7 Å². The lowest BCUT2D eigenvalue weighted by molar-refractivity contribution is -0.143. The van der Waals surface area contributed by atoms with Crippen LogP contribution in [0, 0.1) is 18.7 Å². The summed E-state index contributed by atoms with van der Waals surface area (Å²) in [6, 6.07) is 11.6. The van der Waals surface area contributed by atoms with Crippen molar-refractivity contribution in [3.05, 3.63) is 66.0 Å². The van der Waals surface area contributed by atoms with E-state index in [-0.39, 0.29) is 17.8 Å². The largest absolute Gasteiger partial charge is 0.489 e. The second-order valence-electron chi connectivity index (χ2n) is 9.38. The summed E-state index contributed by atoms with van der Waals surface area (Å²) in [4.78, 5) is 24.7. The van der Waals surface area contributed by atoms with Crippen LogP contribution in [-0.4, -0.2) is 47.1 Å². The van der Waals surface area contributed by atoms with Crippen LogP contribution in [0.5, 0.6) is 5.75 Å². The molecule has 1 fully saturated rings. The maximum atomic E-state index is 13.3. The summed E-state index contributed by atoms with van der Waals surface area (Å²) < 4.78 is 21.1. The van der Waals surface area contributed by atoms with E-state index >= 15 is 0 Å². The van der Waals surface area contributed by atoms with E-state index in [1.807, 2.05) is 26.1 Å². The number of carbonyl (C=O) groups is 1. The van der Waals surface area contributed by atoms with Crippen LogP contribution in [0.25, 0.3) is 22.6 Å². The van der Waals surface area contributed by atoms with Gasteiger partial charge in [-0.05, 0) is 69.0 Å². The second-order valence-corrected chi connectivity index (χ2v) is 9.38. The van der Waals surface area contributed by atoms with Crippen molar-refractivity contribution in [2.24, 2.45) is 13.0 Å². The lowest BCUT2D eigenvalue weighted by Gasteiger charge is -2.27. The van der Waals surface area contributed by atoms with Gasteiger partial charge in [-0.25, -0.2) is 24.0 Å². The smallest absolute Gasteiger partial charge is 0.306 e. The van der Waals surface area contributed by atoms with E-state index in [9.17, 15) is 14.3 Å². The number of rotatable bonds is 8. The van der Waals surface area contributed by atoms with Crippen LogP contribution in [0.4, 0.5) is 10.2 Å². The average molecular weight is 518 g/mol. The van der Waals surface area contributed by atoms with Gasteiger partial charge in [0.15, 0.2) is 0 Å². The van der Waals surface area contributed by atoms with Crippen LogP contribution in [-0.2, 0) is 18.4 Å². The highest BCUT2D eigenvalue weighted by atomic mass is 19.1. The second kappa shape index (κ2) is 10.9. The first-order valence-electron chi connectivity index (χ1n) is 12.4. The number of carboxylic acids is 1. The highest BCUT2D eigenvalue weighted by Gasteiger charge is 2.28. The molecular formula is C27H28FN7O3. The Labute approximate surface area is 218 Å². The van der Waals surface area contributed by atoms with Gasteiger partial charge in [0.2, 0.25) is 0 Å². The average Bonchev–Trinajstić information content (AvgIpc) is 3.29. The maximum absolute atomic E-state index is 13.3. The van der Waals surface area contributed by atoms with E-state index in [2.05, 4.69) is 25.6 Å². The summed E-state index contributed by atoms with van der Waals surface area (Å²) in [5, 5.41) is 21.1. The van der Waals surface area contributed by atoms with Gasteiger partial charge in [-0.3, -0.25) is 4.79 Å². The van der Waals surface area contributed by atoms with Crippen LogP contribution in [0.2, 0.25) is 0 Å². The molecule has 4 aromatic rings. The fourth-order valence-corrected chi connectivity index (χ4v) is 4.64. The van der Waals surface area contributed by atoms with Gasteiger partial charge in [-0.1, -0.05) is 5.21 Å². The van der Waals surface area contributed by atoms with Crippen molar-refractivity contribution >= 4 is 11.8 Å². The Morgan fingerprint density at radius 3 is 2.74 bits per heavy atom. The van der Waals surface area contributed by atoms with Crippen molar-refractivity contribution < 1.29 is 19.0 Å². The van der Waals surface area contributed by atoms with Gasteiger partial charge in [0.1, 0.15) is 29.4 Å². The number of hydrogen-bond donors (Lipinski definition) is 2. The van der Waals surface area contributed by atoms with Crippen LogP contribution in [0.1, 0.15) is 37.1 Å². The number of halogens is 1. The summed E-state index contributed by atoms with van der Waals surface area (Å²) in [6.07, 6.45) is 4.18. The van der Waals surface area contributed by atoms with E-state index in [4.69, 9.17) is 9.72 Å². The normalized spacial score (nSPS) is 17.2. The fourth-order valence-electron chi connectivity index (χ4n) is 4.64. The highest BCUT2D eigenvalue weighted by molar-refractivity contribution is 5.70. The third kappa shape index (κ3) is 5.61. The van der Waals surface area contributed by atoms with Crippen molar-refractivity contribution in [3.8, 4) is 28.4 Å². The Hall–Kier alpha value is -4.41. The number of benzene rings is 1. The number of aryl methyl sites for hydroxylation is 2. The number of pyridine rings is 1. The third-order valence-electron chi connectivity index (χ3n) is 6.74. The van der Waals surface area contributed by atoms with Crippen LogP contribution >= 0.6 is 0 Å². The molecule has 5 rings (SSSR count). The molecule has 1 saturated carbocycles. The number of nitrogens with zero attached hydrogens (tertiary/aromatic N) is 6. The van der Waals surface area contributed by atoms with Crippen LogP contribution in [0.15, 0.2) is 48.8 Å². The van der Waals surface area contributed by atoms with Crippen molar-refractivity contribution in [2.75, 3.05) is 5.32 Å². The minimum absolute atomic E-state index is 0.139. The zero-order chi connectivity index (χ0) is 26.6.